The highest BCUT2D eigenvalue weighted by Gasteiger charge is 2.31. The Morgan fingerprint density at radius 1 is 1.12 bits per heavy atom. The van der Waals surface area contributed by atoms with Gasteiger partial charge in [0.25, 0.3) is 10.2 Å². The Kier molecular flexibility index (Phi) is 6.82. The highest BCUT2D eigenvalue weighted by molar-refractivity contribution is 4.88. The SMILES string of the molecule is N[C@@H]1CN2CCC1CC2.O=[N+]([O-])O.O=[N+]([O-])O. The summed E-state index contributed by atoms with van der Waals surface area (Å²) in [6.45, 7) is 3.77. The molecule has 0 aromatic carbocycles. The third kappa shape index (κ3) is 8.16. The summed E-state index contributed by atoms with van der Waals surface area (Å²) < 4.78 is 0. The zero-order chi connectivity index (χ0) is 13.4. The molecule has 0 saturated carbocycles. The maximum absolute atomic E-state index is 8.36. The van der Waals surface area contributed by atoms with Crippen LogP contribution in [0.25, 0.3) is 0 Å². The molecule has 0 spiro atoms. The second-order valence-corrected chi connectivity index (χ2v) is 3.78. The molecule has 3 rings (SSSR count). The summed E-state index contributed by atoms with van der Waals surface area (Å²) in [6, 6.07) is 0.493. The third-order valence-electron chi connectivity index (χ3n) is 2.71. The number of piperidine rings is 3. The molecule has 1 atom stereocenters. The topological polar surface area (TPSA) is 156 Å². The van der Waals surface area contributed by atoms with Crippen LogP contribution in [-0.2, 0) is 0 Å². The van der Waals surface area contributed by atoms with E-state index in [-0.39, 0.29) is 0 Å². The van der Waals surface area contributed by atoms with Crippen molar-refractivity contribution < 1.29 is 20.6 Å². The monoisotopic (exact) mass is 252 g/mol. The van der Waals surface area contributed by atoms with Crippen molar-refractivity contribution in [3.05, 3.63) is 20.2 Å². The molecular weight excluding hydrogens is 236 g/mol. The molecule has 2 bridgehead atoms. The molecule has 0 aromatic rings. The van der Waals surface area contributed by atoms with Gasteiger partial charge in [-0.3, -0.25) is 0 Å². The van der Waals surface area contributed by atoms with Crippen LogP contribution in [0.15, 0.2) is 0 Å². The molecule has 0 aliphatic carbocycles. The predicted molar refractivity (Wildman–Crippen MR) is 54.7 cm³/mol. The minimum Gasteiger partial charge on any atom is -0.328 e. The fraction of sp³-hybridized carbons (Fsp3) is 1.00. The summed E-state index contributed by atoms with van der Waals surface area (Å²) in [7, 11) is 0. The first kappa shape index (κ1) is 15.3. The standard InChI is InChI=1S/C7H14N2.2HNO3/c8-7-5-9-3-1-6(7)2-4-9;2*2-1(3)4/h6-7H,1-5,8H2;2*(H,2,3,4)/t7-;;/m1../s1. The zero-order valence-electron chi connectivity index (χ0n) is 9.14. The van der Waals surface area contributed by atoms with Gasteiger partial charge in [-0.2, -0.15) is 0 Å². The molecule has 0 aromatic heterocycles. The molecular formula is C7H16N4O6. The first-order valence-corrected chi connectivity index (χ1v) is 4.97. The van der Waals surface area contributed by atoms with Crippen LogP contribution in [0, 0.1) is 26.1 Å². The molecule has 3 saturated heterocycles. The molecule has 0 unspecified atom stereocenters. The van der Waals surface area contributed by atoms with Crippen molar-refractivity contribution in [3.8, 4) is 0 Å². The summed E-state index contributed by atoms with van der Waals surface area (Å²) >= 11 is 0. The van der Waals surface area contributed by atoms with Crippen LogP contribution < -0.4 is 5.73 Å². The Balaban J connectivity index is 0.000000274. The second-order valence-electron chi connectivity index (χ2n) is 3.78. The van der Waals surface area contributed by atoms with Crippen LogP contribution in [0.3, 0.4) is 0 Å². The van der Waals surface area contributed by atoms with E-state index < -0.39 is 10.2 Å². The van der Waals surface area contributed by atoms with E-state index in [4.69, 9.17) is 36.4 Å². The molecule has 10 nitrogen and oxygen atoms in total. The van der Waals surface area contributed by atoms with Crippen LogP contribution in [-0.4, -0.2) is 51.2 Å². The molecule has 17 heavy (non-hydrogen) atoms. The number of fused-ring (bicyclic) bond motifs is 3. The molecule has 10 heteroatoms. The molecule has 0 amide bonds. The van der Waals surface area contributed by atoms with Crippen molar-refractivity contribution in [2.24, 2.45) is 11.7 Å². The molecule has 3 heterocycles. The lowest BCUT2D eigenvalue weighted by Gasteiger charge is -2.43. The van der Waals surface area contributed by atoms with Crippen LogP contribution in [0.5, 0.6) is 0 Å². The minimum absolute atomic E-state index is 0.493. The van der Waals surface area contributed by atoms with Gasteiger partial charge < -0.3 is 21.0 Å². The molecule has 0 radical (unpaired) electrons. The van der Waals surface area contributed by atoms with Gasteiger partial charge >= 0.3 is 0 Å². The van der Waals surface area contributed by atoms with Crippen molar-refractivity contribution in [2.45, 2.75) is 18.9 Å². The largest absolute Gasteiger partial charge is 0.328 e. The van der Waals surface area contributed by atoms with E-state index in [0.717, 1.165) is 12.5 Å². The molecule has 3 fully saturated rings. The first-order valence-electron chi connectivity index (χ1n) is 4.97. The van der Waals surface area contributed by atoms with Gasteiger partial charge in [0.15, 0.2) is 0 Å². The number of hydrogen-bond acceptors (Lipinski definition) is 6. The Labute approximate surface area is 96.8 Å². The lowest BCUT2D eigenvalue weighted by atomic mass is 9.85. The Hall–Kier alpha value is -1.68. The summed E-state index contributed by atoms with van der Waals surface area (Å²) in [6.07, 6.45) is 2.70. The lowest BCUT2D eigenvalue weighted by molar-refractivity contribution is -0.742. The number of nitrogens with two attached hydrogens (primary N) is 1. The van der Waals surface area contributed by atoms with Gasteiger partial charge in [-0.15, -0.1) is 20.2 Å². The van der Waals surface area contributed by atoms with Crippen molar-refractivity contribution in [3.63, 3.8) is 0 Å². The Morgan fingerprint density at radius 3 is 1.59 bits per heavy atom. The van der Waals surface area contributed by atoms with E-state index in [1.807, 2.05) is 0 Å². The van der Waals surface area contributed by atoms with E-state index in [0.29, 0.717) is 6.04 Å². The van der Waals surface area contributed by atoms with Gasteiger partial charge in [0.05, 0.1) is 0 Å². The fourth-order valence-corrected chi connectivity index (χ4v) is 2.01. The summed E-state index contributed by atoms with van der Waals surface area (Å²) in [5.41, 5.74) is 5.88. The highest BCUT2D eigenvalue weighted by atomic mass is 16.9. The number of nitrogens with zero attached hydrogens (tertiary/aromatic N) is 3. The summed E-state index contributed by atoms with van der Waals surface area (Å²) in [5.74, 6) is 0.856. The highest BCUT2D eigenvalue weighted by Crippen LogP contribution is 2.25. The molecule has 3 aliphatic rings. The fourth-order valence-electron chi connectivity index (χ4n) is 2.01. The Morgan fingerprint density at radius 2 is 1.47 bits per heavy atom. The van der Waals surface area contributed by atoms with Crippen molar-refractivity contribution >= 4 is 0 Å². The quantitative estimate of drug-likeness (QED) is 0.379. The van der Waals surface area contributed by atoms with Gasteiger partial charge in [-0.1, -0.05) is 0 Å². The molecule has 3 aliphatic heterocycles. The maximum Gasteiger partial charge on any atom is 0.291 e. The van der Waals surface area contributed by atoms with Crippen molar-refractivity contribution in [2.75, 3.05) is 19.6 Å². The third-order valence-corrected chi connectivity index (χ3v) is 2.71. The van der Waals surface area contributed by atoms with Crippen molar-refractivity contribution in [1.29, 1.82) is 0 Å². The van der Waals surface area contributed by atoms with E-state index in [2.05, 4.69) is 4.90 Å². The molecule has 4 N–H and O–H groups in total. The smallest absolute Gasteiger partial charge is 0.291 e. The van der Waals surface area contributed by atoms with Crippen molar-refractivity contribution in [1.82, 2.24) is 4.90 Å². The normalized spacial score (nSPS) is 29.1. The van der Waals surface area contributed by atoms with Crippen LogP contribution in [0.4, 0.5) is 0 Å². The summed E-state index contributed by atoms with van der Waals surface area (Å²) in [4.78, 5) is 19.2. The average Bonchev–Trinajstić information content (AvgIpc) is 2.17. The Bertz CT molecular complexity index is 235. The predicted octanol–water partition coefficient (Wildman–Crippen LogP) is -0.656. The first-order chi connectivity index (χ1) is 7.82. The van der Waals surface area contributed by atoms with Crippen LogP contribution in [0.2, 0.25) is 0 Å². The maximum atomic E-state index is 8.36. The summed E-state index contributed by atoms with van der Waals surface area (Å²) in [5, 5.41) is 27.3. The minimum atomic E-state index is -1.50. The number of rotatable bonds is 0. The van der Waals surface area contributed by atoms with Gasteiger partial charge in [-0.05, 0) is 31.8 Å². The van der Waals surface area contributed by atoms with Crippen LogP contribution in [0.1, 0.15) is 12.8 Å². The zero-order valence-corrected chi connectivity index (χ0v) is 9.14. The lowest BCUT2D eigenvalue weighted by Crippen LogP contribution is -2.54. The van der Waals surface area contributed by atoms with E-state index in [1.165, 1.54) is 25.9 Å². The van der Waals surface area contributed by atoms with E-state index in [1.54, 1.807) is 0 Å². The van der Waals surface area contributed by atoms with E-state index in [9.17, 15) is 0 Å². The van der Waals surface area contributed by atoms with Gasteiger partial charge in [0.1, 0.15) is 0 Å². The van der Waals surface area contributed by atoms with Gasteiger partial charge in [0.2, 0.25) is 0 Å². The second kappa shape index (κ2) is 7.57. The average molecular weight is 252 g/mol. The van der Waals surface area contributed by atoms with Gasteiger partial charge in [-0.25, -0.2) is 0 Å². The van der Waals surface area contributed by atoms with Crippen LogP contribution >= 0.6 is 0 Å². The van der Waals surface area contributed by atoms with Gasteiger partial charge in [0, 0.05) is 12.6 Å². The van der Waals surface area contributed by atoms with E-state index >= 15 is 0 Å². The number of hydrogen-bond donors (Lipinski definition) is 3. The molecule has 100 valence electrons.